The van der Waals surface area contributed by atoms with E-state index in [2.05, 4.69) is 0 Å². The molecule has 0 saturated heterocycles. The summed E-state index contributed by atoms with van der Waals surface area (Å²) in [5.74, 6) is 0.210. The molecule has 0 aromatic carbocycles. The molecule has 0 fully saturated rings. The van der Waals surface area contributed by atoms with Gasteiger partial charge in [-0.15, -0.1) is 0 Å². The second kappa shape index (κ2) is 3.93. The average Bonchev–Trinajstić information content (AvgIpc) is 1.81. The number of rotatable bonds is 4. The summed E-state index contributed by atoms with van der Waals surface area (Å²) in [5.41, 5.74) is 0. The summed E-state index contributed by atoms with van der Waals surface area (Å²) in [6, 6.07) is 0. The fraction of sp³-hybridized carbons (Fsp3) is 1.00. The van der Waals surface area contributed by atoms with Crippen molar-refractivity contribution in [1.82, 2.24) is 0 Å². The van der Waals surface area contributed by atoms with Crippen molar-refractivity contribution in [2.24, 2.45) is 0 Å². The van der Waals surface area contributed by atoms with Crippen LogP contribution in [0.1, 0.15) is 13.3 Å². The Morgan fingerprint density at radius 1 is 1.50 bits per heavy atom. The van der Waals surface area contributed by atoms with Crippen molar-refractivity contribution in [3.8, 4) is 0 Å². The molecule has 0 aliphatic carbocycles. The van der Waals surface area contributed by atoms with E-state index in [1.165, 1.54) is 6.26 Å². The monoisotopic (exact) mass is 166 g/mol. The summed E-state index contributed by atoms with van der Waals surface area (Å²) in [6.45, 7) is 1.85. The first kappa shape index (κ1) is 9.91. The van der Waals surface area contributed by atoms with Crippen LogP contribution in [0.25, 0.3) is 0 Å². The Kier molecular flexibility index (Phi) is 3.89. The lowest BCUT2D eigenvalue weighted by Crippen LogP contribution is -2.12. The van der Waals surface area contributed by atoms with E-state index >= 15 is 0 Å². The molecule has 1 unspecified atom stereocenters. The second-order valence-corrected chi connectivity index (χ2v) is 4.72. The van der Waals surface area contributed by atoms with Crippen LogP contribution in [-0.2, 0) is 14.6 Å². The third-order valence-electron chi connectivity index (χ3n) is 1.30. The van der Waals surface area contributed by atoms with Crippen molar-refractivity contribution < 1.29 is 13.2 Å². The molecule has 0 bridgehead atoms. The van der Waals surface area contributed by atoms with Crippen molar-refractivity contribution in [3.63, 3.8) is 0 Å². The molecule has 0 saturated carbocycles. The Bertz CT molecular complexity index is 171. The first-order valence-corrected chi connectivity index (χ1v) is 5.22. The van der Waals surface area contributed by atoms with Gasteiger partial charge in [-0.25, -0.2) is 8.42 Å². The molecule has 62 valence electrons. The van der Waals surface area contributed by atoms with Crippen LogP contribution in [0.15, 0.2) is 0 Å². The minimum absolute atomic E-state index is 0.0368. The molecule has 0 rings (SSSR count). The Labute approximate surface area is 62.3 Å². The molecular weight excluding hydrogens is 152 g/mol. The quantitative estimate of drug-likeness (QED) is 0.609. The topological polar surface area (TPSA) is 43.4 Å². The number of ether oxygens (including phenoxy) is 1. The Morgan fingerprint density at radius 3 is 2.30 bits per heavy atom. The first-order chi connectivity index (χ1) is 4.45. The fourth-order valence-corrected chi connectivity index (χ4v) is 1.26. The number of hydrogen-bond acceptors (Lipinski definition) is 3. The minimum atomic E-state index is -2.81. The Morgan fingerprint density at radius 2 is 2.00 bits per heavy atom. The largest absolute Gasteiger partial charge is 0.382 e. The smallest absolute Gasteiger partial charge is 0.147 e. The SMILES string of the molecule is COC(C)CCS(C)(=O)=O. The maximum absolute atomic E-state index is 10.6. The highest BCUT2D eigenvalue weighted by molar-refractivity contribution is 7.90. The molecule has 3 nitrogen and oxygen atoms in total. The maximum atomic E-state index is 10.6. The molecule has 0 amide bonds. The summed E-state index contributed by atoms with van der Waals surface area (Å²) in [6.07, 6.45) is 1.85. The molecule has 0 N–H and O–H groups in total. The van der Waals surface area contributed by atoms with E-state index < -0.39 is 9.84 Å². The van der Waals surface area contributed by atoms with Gasteiger partial charge < -0.3 is 4.74 Å². The van der Waals surface area contributed by atoms with Gasteiger partial charge in [0.1, 0.15) is 9.84 Å². The summed E-state index contributed by atoms with van der Waals surface area (Å²) < 4.78 is 26.1. The van der Waals surface area contributed by atoms with Crippen LogP contribution in [0.5, 0.6) is 0 Å². The molecule has 0 radical (unpaired) electrons. The lowest BCUT2D eigenvalue weighted by molar-refractivity contribution is 0.116. The summed E-state index contributed by atoms with van der Waals surface area (Å²) >= 11 is 0. The van der Waals surface area contributed by atoms with Crippen LogP contribution >= 0.6 is 0 Å². The highest BCUT2D eigenvalue weighted by Gasteiger charge is 2.05. The number of methoxy groups -OCH3 is 1. The molecule has 0 aliphatic rings. The van der Waals surface area contributed by atoms with E-state index in [1.807, 2.05) is 6.92 Å². The van der Waals surface area contributed by atoms with Crippen molar-refractivity contribution in [2.75, 3.05) is 19.1 Å². The lowest BCUT2D eigenvalue weighted by Gasteiger charge is -2.06. The van der Waals surface area contributed by atoms with Crippen LogP contribution < -0.4 is 0 Å². The van der Waals surface area contributed by atoms with E-state index in [-0.39, 0.29) is 11.9 Å². The zero-order valence-corrected chi connectivity index (χ0v) is 7.44. The van der Waals surface area contributed by atoms with Gasteiger partial charge in [0.25, 0.3) is 0 Å². The normalized spacial score (nSPS) is 15.1. The van der Waals surface area contributed by atoms with E-state index in [4.69, 9.17) is 4.74 Å². The molecule has 0 aliphatic heterocycles. The van der Waals surface area contributed by atoms with Crippen molar-refractivity contribution >= 4 is 9.84 Å². The van der Waals surface area contributed by atoms with Crippen LogP contribution in [0, 0.1) is 0 Å². The van der Waals surface area contributed by atoms with Gasteiger partial charge in [-0.05, 0) is 13.3 Å². The van der Waals surface area contributed by atoms with Crippen molar-refractivity contribution in [3.05, 3.63) is 0 Å². The summed E-state index contributed by atoms with van der Waals surface area (Å²) in [5, 5.41) is 0. The van der Waals surface area contributed by atoms with Crippen LogP contribution in [-0.4, -0.2) is 33.6 Å². The highest BCUT2D eigenvalue weighted by Crippen LogP contribution is 1.97. The van der Waals surface area contributed by atoms with Gasteiger partial charge in [0, 0.05) is 13.4 Å². The van der Waals surface area contributed by atoms with Gasteiger partial charge in [-0.1, -0.05) is 0 Å². The molecule has 10 heavy (non-hydrogen) atoms. The summed E-state index contributed by atoms with van der Waals surface area (Å²) in [4.78, 5) is 0. The van der Waals surface area contributed by atoms with E-state index in [9.17, 15) is 8.42 Å². The van der Waals surface area contributed by atoms with Crippen LogP contribution in [0.4, 0.5) is 0 Å². The van der Waals surface area contributed by atoms with Gasteiger partial charge in [0.2, 0.25) is 0 Å². The Balaban J connectivity index is 3.56. The predicted octanol–water partition coefficient (Wildman–Crippen LogP) is 0.456. The van der Waals surface area contributed by atoms with Crippen molar-refractivity contribution in [1.29, 1.82) is 0 Å². The van der Waals surface area contributed by atoms with Gasteiger partial charge in [0.15, 0.2) is 0 Å². The third-order valence-corrected chi connectivity index (χ3v) is 2.27. The minimum Gasteiger partial charge on any atom is -0.382 e. The lowest BCUT2D eigenvalue weighted by atomic mass is 10.3. The van der Waals surface area contributed by atoms with Gasteiger partial charge in [0.05, 0.1) is 11.9 Å². The molecule has 4 heteroatoms. The Hall–Kier alpha value is -0.0900. The van der Waals surface area contributed by atoms with Gasteiger partial charge in [-0.2, -0.15) is 0 Å². The zero-order valence-electron chi connectivity index (χ0n) is 6.62. The van der Waals surface area contributed by atoms with E-state index in [1.54, 1.807) is 7.11 Å². The van der Waals surface area contributed by atoms with Crippen LogP contribution in [0.2, 0.25) is 0 Å². The third kappa shape index (κ3) is 6.04. The zero-order chi connectivity index (χ0) is 8.20. The van der Waals surface area contributed by atoms with Crippen LogP contribution in [0.3, 0.4) is 0 Å². The molecule has 0 aromatic rings. The fourth-order valence-electron chi connectivity index (χ4n) is 0.498. The first-order valence-electron chi connectivity index (χ1n) is 3.16. The summed E-state index contributed by atoms with van der Waals surface area (Å²) in [7, 11) is -1.23. The second-order valence-electron chi connectivity index (χ2n) is 2.46. The molecule has 1 atom stereocenters. The standard InChI is InChI=1S/C6H14O3S/c1-6(9-2)4-5-10(3,7)8/h6H,4-5H2,1-3H3. The predicted molar refractivity (Wildman–Crippen MR) is 40.8 cm³/mol. The number of hydrogen-bond donors (Lipinski definition) is 0. The van der Waals surface area contributed by atoms with Gasteiger partial charge in [-0.3, -0.25) is 0 Å². The molecule has 0 spiro atoms. The van der Waals surface area contributed by atoms with E-state index in [0.29, 0.717) is 6.42 Å². The molecule has 0 heterocycles. The average molecular weight is 166 g/mol. The molecule has 0 aromatic heterocycles. The van der Waals surface area contributed by atoms with Gasteiger partial charge >= 0.3 is 0 Å². The van der Waals surface area contributed by atoms with Crippen molar-refractivity contribution in [2.45, 2.75) is 19.4 Å². The maximum Gasteiger partial charge on any atom is 0.147 e. The van der Waals surface area contributed by atoms with E-state index in [0.717, 1.165) is 0 Å². The molecular formula is C6H14O3S. The number of sulfone groups is 1. The highest BCUT2D eigenvalue weighted by atomic mass is 32.2.